The number of aryl methyl sites for hydroxylation is 2. The molecule has 32 heavy (non-hydrogen) atoms. The van der Waals surface area contributed by atoms with Gasteiger partial charge in [0, 0.05) is 31.2 Å². The number of aliphatic imine (C=N–C) groups is 1. The first kappa shape index (κ1) is 22.6. The molecule has 8 nitrogen and oxygen atoms in total. The van der Waals surface area contributed by atoms with Crippen LogP contribution in [-0.2, 0) is 24.9 Å². The summed E-state index contributed by atoms with van der Waals surface area (Å²) in [7, 11) is 1.98. The van der Waals surface area contributed by atoms with E-state index in [2.05, 4.69) is 46.0 Å². The van der Waals surface area contributed by atoms with E-state index < -0.39 is 0 Å². The van der Waals surface area contributed by atoms with Crippen molar-refractivity contribution in [2.75, 3.05) is 19.8 Å². The van der Waals surface area contributed by atoms with Crippen LogP contribution >= 0.6 is 0 Å². The fraction of sp³-hybridized carbons (Fsp3) is 0.625. The number of guanidine groups is 1. The van der Waals surface area contributed by atoms with Gasteiger partial charge in [0.25, 0.3) is 0 Å². The monoisotopic (exact) mass is 440 g/mol. The molecule has 0 spiro atoms. The maximum atomic E-state index is 6.20. The van der Waals surface area contributed by atoms with Crippen LogP contribution in [-0.4, -0.2) is 46.6 Å². The Labute approximate surface area is 190 Å². The summed E-state index contributed by atoms with van der Waals surface area (Å²) in [4.78, 5) is 4.91. The lowest BCUT2D eigenvalue weighted by atomic mass is 10.1. The summed E-state index contributed by atoms with van der Waals surface area (Å²) in [5.41, 5.74) is 2.28. The zero-order valence-corrected chi connectivity index (χ0v) is 19.6. The van der Waals surface area contributed by atoms with Gasteiger partial charge in [-0.15, -0.1) is 10.2 Å². The van der Waals surface area contributed by atoms with Crippen LogP contribution in [0.4, 0.5) is 0 Å². The molecule has 174 valence electrons. The Morgan fingerprint density at radius 3 is 2.78 bits per heavy atom. The zero-order chi connectivity index (χ0) is 22.3. The van der Waals surface area contributed by atoms with Crippen molar-refractivity contribution in [3.8, 4) is 5.75 Å². The fourth-order valence-electron chi connectivity index (χ4n) is 4.20. The molecule has 0 radical (unpaired) electrons. The molecule has 2 aliphatic rings. The summed E-state index contributed by atoms with van der Waals surface area (Å²) in [6.45, 7) is 7.50. The van der Waals surface area contributed by atoms with Crippen molar-refractivity contribution in [2.24, 2.45) is 18.0 Å². The van der Waals surface area contributed by atoms with Gasteiger partial charge in [-0.05, 0) is 44.7 Å². The minimum Gasteiger partial charge on any atom is -0.493 e. The lowest BCUT2D eigenvalue weighted by Crippen LogP contribution is -2.42. The second kappa shape index (κ2) is 10.8. The maximum absolute atomic E-state index is 6.20. The van der Waals surface area contributed by atoms with Gasteiger partial charge in [-0.1, -0.05) is 25.0 Å². The first-order valence-electron chi connectivity index (χ1n) is 11.8. The van der Waals surface area contributed by atoms with Crippen LogP contribution < -0.4 is 15.4 Å². The highest BCUT2D eigenvalue weighted by Crippen LogP contribution is 2.24. The number of nitrogens with zero attached hydrogens (tertiary/aromatic N) is 4. The molecule has 1 saturated heterocycles. The SMILES string of the molecule is Cc1ccc(CN=C(NCc2nnc(C)n2C)NC2CCCC2)c(OCC2CCOC2)c1. The fourth-order valence-corrected chi connectivity index (χ4v) is 4.20. The number of ether oxygens (including phenoxy) is 2. The lowest BCUT2D eigenvalue weighted by Gasteiger charge is -2.18. The van der Waals surface area contributed by atoms with E-state index in [0.717, 1.165) is 48.6 Å². The highest BCUT2D eigenvalue weighted by atomic mass is 16.5. The molecule has 8 heteroatoms. The van der Waals surface area contributed by atoms with Gasteiger partial charge in [-0.3, -0.25) is 0 Å². The summed E-state index contributed by atoms with van der Waals surface area (Å²) in [6.07, 6.45) is 5.99. The molecule has 0 bridgehead atoms. The Morgan fingerprint density at radius 1 is 1.22 bits per heavy atom. The minimum atomic E-state index is 0.471. The predicted molar refractivity (Wildman–Crippen MR) is 125 cm³/mol. The summed E-state index contributed by atoms with van der Waals surface area (Å²) < 4.78 is 13.7. The number of benzene rings is 1. The van der Waals surface area contributed by atoms with Gasteiger partial charge in [0.05, 0.1) is 26.3 Å². The van der Waals surface area contributed by atoms with E-state index in [1.165, 1.54) is 31.2 Å². The Balaban J connectivity index is 1.44. The lowest BCUT2D eigenvalue weighted by molar-refractivity contribution is 0.166. The molecular weight excluding hydrogens is 404 g/mol. The molecule has 4 rings (SSSR count). The molecule has 1 saturated carbocycles. The average molecular weight is 441 g/mol. The third kappa shape index (κ3) is 6.00. The normalized spacial score (nSPS) is 19.5. The largest absolute Gasteiger partial charge is 0.493 e. The number of hydrogen-bond acceptors (Lipinski definition) is 5. The molecule has 2 heterocycles. The Bertz CT molecular complexity index is 913. The van der Waals surface area contributed by atoms with Crippen LogP contribution in [0.25, 0.3) is 0 Å². The van der Waals surface area contributed by atoms with Crippen LogP contribution in [0.2, 0.25) is 0 Å². The van der Waals surface area contributed by atoms with E-state index >= 15 is 0 Å². The third-order valence-corrected chi connectivity index (χ3v) is 6.42. The van der Waals surface area contributed by atoms with Crippen LogP contribution in [0.15, 0.2) is 23.2 Å². The number of aromatic nitrogens is 3. The molecule has 1 unspecified atom stereocenters. The molecule has 0 amide bonds. The van der Waals surface area contributed by atoms with Crippen LogP contribution in [0.5, 0.6) is 5.75 Å². The molecule has 1 aromatic heterocycles. The molecule has 1 aromatic carbocycles. The topological polar surface area (TPSA) is 85.6 Å². The van der Waals surface area contributed by atoms with Gasteiger partial charge >= 0.3 is 0 Å². The number of rotatable bonds is 8. The van der Waals surface area contributed by atoms with E-state index in [1.807, 2.05) is 18.5 Å². The van der Waals surface area contributed by atoms with Gasteiger partial charge in [0.1, 0.15) is 11.6 Å². The Kier molecular flexibility index (Phi) is 7.63. The van der Waals surface area contributed by atoms with Gasteiger partial charge in [0.2, 0.25) is 0 Å². The highest BCUT2D eigenvalue weighted by Gasteiger charge is 2.18. The molecule has 2 aromatic rings. The van der Waals surface area contributed by atoms with E-state index in [0.29, 0.717) is 31.7 Å². The van der Waals surface area contributed by atoms with Crippen LogP contribution in [0, 0.1) is 19.8 Å². The summed E-state index contributed by atoms with van der Waals surface area (Å²) in [5.74, 6) is 4.00. The van der Waals surface area contributed by atoms with Crippen molar-refractivity contribution < 1.29 is 9.47 Å². The van der Waals surface area contributed by atoms with Gasteiger partial charge in [-0.25, -0.2) is 4.99 Å². The summed E-state index contributed by atoms with van der Waals surface area (Å²) in [5, 5.41) is 15.5. The quantitative estimate of drug-likeness (QED) is 0.485. The number of nitrogens with one attached hydrogen (secondary N) is 2. The van der Waals surface area contributed by atoms with Crippen molar-refractivity contribution in [1.29, 1.82) is 0 Å². The summed E-state index contributed by atoms with van der Waals surface area (Å²) >= 11 is 0. The van der Waals surface area contributed by atoms with E-state index in [9.17, 15) is 0 Å². The maximum Gasteiger partial charge on any atom is 0.192 e. The average Bonchev–Trinajstić information content (AvgIpc) is 3.55. The molecule has 1 atom stereocenters. The first-order chi connectivity index (χ1) is 15.6. The van der Waals surface area contributed by atoms with E-state index in [4.69, 9.17) is 14.5 Å². The van der Waals surface area contributed by atoms with Crippen LogP contribution in [0.1, 0.15) is 54.9 Å². The van der Waals surface area contributed by atoms with E-state index in [1.54, 1.807) is 0 Å². The standard InChI is InChI=1S/C24H36N6O2/c1-17-8-9-20(22(12-17)32-16-19-10-11-31-15-19)13-25-24(27-21-6-4-5-7-21)26-14-23-29-28-18(2)30(23)3/h8-9,12,19,21H,4-7,10-11,13-16H2,1-3H3,(H2,25,26,27). The molecule has 1 aliphatic carbocycles. The van der Waals surface area contributed by atoms with Gasteiger partial charge in [0.15, 0.2) is 11.8 Å². The summed E-state index contributed by atoms with van der Waals surface area (Å²) in [6, 6.07) is 6.83. The van der Waals surface area contributed by atoms with Crippen LogP contribution in [0.3, 0.4) is 0 Å². The molecule has 2 N–H and O–H groups in total. The minimum absolute atomic E-state index is 0.471. The Hall–Kier alpha value is -2.61. The smallest absolute Gasteiger partial charge is 0.192 e. The van der Waals surface area contributed by atoms with Crippen molar-refractivity contribution in [1.82, 2.24) is 25.4 Å². The Morgan fingerprint density at radius 2 is 2.06 bits per heavy atom. The second-order valence-electron chi connectivity index (χ2n) is 9.02. The molecule has 1 aliphatic heterocycles. The van der Waals surface area contributed by atoms with E-state index in [-0.39, 0.29) is 0 Å². The van der Waals surface area contributed by atoms with Crippen molar-refractivity contribution in [3.05, 3.63) is 41.0 Å². The number of hydrogen-bond donors (Lipinski definition) is 2. The highest BCUT2D eigenvalue weighted by molar-refractivity contribution is 5.80. The zero-order valence-electron chi connectivity index (χ0n) is 19.6. The predicted octanol–water partition coefficient (Wildman–Crippen LogP) is 3.03. The van der Waals surface area contributed by atoms with Gasteiger partial charge < -0.3 is 24.7 Å². The van der Waals surface area contributed by atoms with Crippen molar-refractivity contribution in [3.63, 3.8) is 0 Å². The molecule has 2 fully saturated rings. The van der Waals surface area contributed by atoms with Crippen molar-refractivity contribution in [2.45, 2.75) is 65.1 Å². The van der Waals surface area contributed by atoms with Crippen molar-refractivity contribution >= 4 is 5.96 Å². The van der Waals surface area contributed by atoms with Gasteiger partial charge in [-0.2, -0.15) is 0 Å². The molecular formula is C24H36N6O2. The first-order valence-corrected chi connectivity index (χ1v) is 11.8. The third-order valence-electron chi connectivity index (χ3n) is 6.42. The second-order valence-corrected chi connectivity index (χ2v) is 9.02.